The second-order valence-corrected chi connectivity index (χ2v) is 9.47. The number of ether oxygens (including phenoxy) is 1. The van der Waals surface area contributed by atoms with Crippen LogP contribution in [-0.2, 0) is 9.59 Å². The van der Waals surface area contributed by atoms with Crippen molar-refractivity contribution in [3.63, 3.8) is 0 Å². The minimum absolute atomic E-state index is 0.0622. The van der Waals surface area contributed by atoms with E-state index in [2.05, 4.69) is 19.2 Å². The molecule has 7 nitrogen and oxygen atoms in total. The standard InChI is InChI=1S/C25H36ClN3O4/c1-4-17(5-2)24(31)28-14-10-20(11-15-28)27-23(30)18-8-12-29(13-9-18)25(32)21-16-19(26)6-7-22(21)33-3/h6-7,16-18,20H,4-5,8-15H2,1-3H3,(H,27,30). The maximum atomic E-state index is 13.0. The van der Waals surface area contributed by atoms with Gasteiger partial charge in [-0.15, -0.1) is 0 Å². The first-order valence-electron chi connectivity index (χ1n) is 12.1. The molecule has 8 heteroatoms. The Morgan fingerprint density at radius 2 is 1.64 bits per heavy atom. The third-order valence-electron chi connectivity index (χ3n) is 7.03. The summed E-state index contributed by atoms with van der Waals surface area (Å²) >= 11 is 6.07. The quantitative estimate of drug-likeness (QED) is 0.648. The Labute approximate surface area is 201 Å². The number of piperidine rings is 2. The number of benzene rings is 1. The Hall–Kier alpha value is -2.28. The average molecular weight is 478 g/mol. The van der Waals surface area contributed by atoms with Crippen LogP contribution in [0.25, 0.3) is 0 Å². The number of methoxy groups -OCH3 is 1. The average Bonchev–Trinajstić information content (AvgIpc) is 2.84. The summed E-state index contributed by atoms with van der Waals surface area (Å²) in [4.78, 5) is 42.1. The van der Waals surface area contributed by atoms with Crippen LogP contribution >= 0.6 is 11.6 Å². The zero-order chi connectivity index (χ0) is 24.0. The van der Waals surface area contributed by atoms with Crippen LogP contribution in [0.2, 0.25) is 5.02 Å². The van der Waals surface area contributed by atoms with Gasteiger partial charge in [-0.25, -0.2) is 0 Å². The van der Waals surface area contributed by atoms with Gasteiger partial charge in [-0.3, -0.25) is 14.4 Å². The molecular formula is C25H36ClN3O4. The SMILES string of the molecule is CCC(CC)C(=O)N1CCC(NC(=O)C2CCN(C(=O)c3cc(Cl)ccc3OC)CC2)CC1. The van der Waals surface area contributed by atoms with Crippen LogP contribution in [0.3, 0.4) is 0 Å². The molecule has 3 rings (SSSR count). The topological polar surface area (TPSA) is 79.0 Å². The highest BCUT2D eigenvalue weighted by Gasteiger charge is 2.32. The summed E-state index contributed by atoms with van der Waals surface area (Å²) in [6.45, 7) is 6.57. The van der Waals surface area contributed by atoms with Crippen molar-refractivity contribution in [3.8, 4) is 5.75 Å². The van der Waals surface area contributed by atoms with Gasteiger partial charge >= 0.3 is 0 Å². The van der Waals surface area contributed by atoms with Gasteiger partial charge in [0.05, 0.1) is 12.7 Å². The molecule has 2 saturated heterocycles. The van der Waals surface area contributed by atoms with Crippen LogP contribution < -0.4 is 10.1 Å². The number of halogens is 1. The number of hydrogen-bond donors (Lipinski definition) is 1. The lowest BCUT2D eigenvalue weighted by Crippen LogP contribution is -2.50. The second kappa shape index (κ2) is 11.7. The maximum Gasteiger partial charge on any atom is 0.257 e. The van der Waals surface area contributed by atoms with Crippen LogP contribution in [-0.4, -0.2) is 66.9 Å². The summed E-state index contributed by atoms with van der Waals surface area (Å²) in [6.07, 6.45) is 4.60. The molecule has 0 bridgehead atoms. The summed E-state index contributed by atoms with van der Waals surface area (Å²) in [5.41, 5.74) is 0.447. The fourth-order valence-corrected chi connectivity index (χ4v) is 4.99. The number of carbonyl (C=O) groups excluding carboxylic acids is 3. The Morgan fingerprint density at radius 1 is 1.03 bits per heavy atom. The van der Waals surface area contributed by atoms with Crippen molar-refractivity contribution >= 4 is 29.3 Å². The maximum absolute atomic E-state index is 13.0. The first-order valence-corrected chi connectivity index (χ1v) is 12.5. The van der Waals surface area contributed by atoms with Crippen molar-refractivity contribution in [2.24, 2.45) is 11.8 Å². The summed E-state index contributed by atoms with van der Waals surface area (Å²) in [5, 5.41) is 3.68. The fraction of sp³-hybridized carbons (Fsp3) is 0.640. The zero-order valence-corrected chi connectivity index (χ0v) is 20.7. The highest BCUT2D eigenvalue weighted by molar-refractivity contribution is 6.31. The summed E-state index contributed by atoms with van der Waals surface area (Å²) in [5.74, 6) is 0.696. The van der Waals surface area contributed by atoms with E-state index in [1.54, 1.807) is 23.1 Å². The molecule has 0 radical (unpaired) electrons. The number of carbonyl (C=O) groups is 3. The van der Waals surface area contributed by atoms with Gasteiger partial charge in [0.25, 0.3) is 5.91 Å². The van der Waals surface area contributed by atoms with E-state index in [1.165, 1.54) is 7.11 Å². The predicted octanol–water partition coefficient (Wildman–Crippen LogP) is 3.74. The predicted molar refractivity (Wildman–Crippen MR) is 128 cm³/mol. The van der Waals surface area contributed by atoms with Crippen LogP contribution in [0.1, 0.15) is 62.7 Å². The van der Waals surface area contributed by atoms with Gasteiger partial charge in [0.15, 0.2) is 0 Å². The highest BCUT2D eigenvalue weighted by atomic mass is 35.5. The molecule has 0 spiro atoms. The molecule has 182 valence electrons. The molecule has 0 saturated carbocycles. The van der Waals surface area contributed by atoms with Gasteiger partial charge in [-0.05, 0) is 56.7 Å². The Morgan fingerprint density at radius 3 is 2.21 bits per heavy atom. The first kappa shape index (κ1) is 25.3. The number of amides is 3. The van der Waals surface area contributed by atoms with Crippen LogP contribution in [0.5, 0.6) is 5.75 Å². The Balaban J connectivity index is 1.46. The van der Waals surface area contributed by atoms with E-state index in [9.17, 15) is 14.4 Å². The molecule has 1 aromatic rings. The van der Waals surface area contributed by atoms with Crippen molar-refractivity contribution in [1.82, 2.24) is 15.1 Å². The van der Waals surface area contributed by atoms with Crippen LogP contribution in [0.4, 0.5) is 0 Å². The Bertz CT molecular complexity index is 842. The van der Waals surface area contributed by atoms with E-state index >= 15 is 0 Å². The molecule has 2 aliphatic rings. The summed E-state index contributed by atoms with van der Waals surface area (Å²) in [7, 11) is 1.53. The molecule has 3 amide bonds. The molecule has 2 heterocycles. The van der Waals surface area contributed by atoms with Crippen molar-refractivity contribution in [2.45, 2.75) is 58.4 Å². The smallest absolute Gasteiger partial charge is 0.257 e. The molecule has 1 aromatic carbocycles. The van der Waals surface area contributed by atoms with Crippen molar-refractivity contribution in [2.75, 3.05) is 33.3 Å². The van der Waals surface area contributed by atoms with E-state index in [1.807, 2.05) is 4.90 Å². The molecule has 33 heavy (non-hydrogen) atoms. The van der Waals surface area contributed by atoms with Gasteiger partial charge in [0.1, 0.15) is 5.75 Å². The lowest BCUT2D eigenvalue weighted by molar-refractivity contribution is -0.137. The largest absolute Gasteiger partial charge is 0.496 e. The number of nitrogens with one attached hydrogen (secondary N) is 1. The fourth-order valence-electron chi connectivity index (χ4n) is 4.82. The minimum atomic E-state index is -0.122. The number of hydrogen-bond acceptors (Lipinski definition) is 4. The van der Waals surface area contributed by atoms with Crippen LogP contribution in [0, 0.1) is 11.8 Å². The van der Waals surface area contributed by atoms with Gasteiger partial charge in [0, 0.05) is 49.1 Å². The Kier molecular flexibility index (Phi) is 9.01. The summed E-state index contributed by atoms with van der Waals surface area (Å²) in [6, 6.07) is 5.12. The van der Waals surface area contributed by atoms with Gasteiger partial charge < -0.3 is 19.9 Å². The van der Waals surface area contributed by atoms with Crippen molar-refractivity contribution in [1.29, 1.82) is 0 Å². The van der Waals surface area contributed by atoms with Crippen molar-refractivity contribution < 1.29 is 19.1 Å². The molecule has 1 N–H and O–H groups in total. The molecule has 2 fully saturated rings. The number of likely N-dealkylation sites (tertiary alicyclic amines) is 2. The monoisotopic (exact) mass is 477 g/mol. The van der Waals surface area contributed by atoms with E-state index in [0.29, 0.717) is 55.4 Å². The van der Waals surface area contributed by atoms with E-state index < -0.39 is 0 Å². The van der Waals surface area contributed by atoms with Gasteiger partial charge in [-0.2, -0.15) is 0 Å². The van der Waals surface area contributed by atoms with Gasteiger partial charge in [0.2, 0.25) is 11.8 Å². The number of nitrogens with zero attached hydrogens (tertiary/aromatic N) is 2. The normalized spacial score (nSPS) is 17.8. The molecule has 0 unspecified atom stereocenters. The molecule has 2 aliphatic heterocycles. The summed E-state index contributed by atoms with van der Waals surface area (Å²) < 4.78 is 5.31. The lowest BCUT2D eigenvalue weighted by Gasteiger charge is -2.36. The molecule has 0 aliphatic carbocycles. The molecular weight excluding hydrogens is 442 g/mol. The first-order chi connectivity index (χ1) is 15.9. The molecule has 0 aromatic heterocycles. The van der Waals surface area contributed by atoms with Gasteiger partial charge in [-0.1, -0.05) is 25.4 Å². The van der Waals surface area contributed by atoms with Crippen LogP contribution in [0.15, 0.2) is 18.2 Å². The minimum Gasteiger partial charge on any atom is -0.496 e. The van der Waals surface area contributed by atoms with E-state index in [4.69, 9.17) is 16.3 Å². The molecule has 0 atom stereocenters. The number of rotatable bonds is 7. The second-order valence-electron chi connectivity index (χ2n) is 9.03. The zero-order valence-electron chi connectivity index (χ0n) is 19.9. The van der Waals surface area contributed by atoms with E-state index in [0.717, 1.165) is 25.7 Å². The van der Waals surface area contributed by atoms with Crippen molar-refractivity contribution in [3.05, 3.63) is 28.8 Å². The lowest BCUT2D eigenvalue weighted by atomic mass is 9.94. The van der Waals surface area contributed by atoms with E-state index in [-0.39, 0.29) is 35.6 Å². The third kappa shape index (κ3) is 6.19. The third-order valence-corrected chi connectivity index (χ3v) is 7.27. The highest BCUT2D eigenvalue weighted by Crippen LogP contribution is 2.27.